The molecule has 172 valence electrons. The Bertz CT molecular complexity index is 1220. The van der Waals surface area contributed by atoms with E-state index in [9.17, 15) is 9.90 Å². The quantitative estimate of drug-likeness (QED) is 0.518. The van der Waals surface area contributed by atoms with E-state index in [1.807, 2.05) is 17.0 Å². The fourth-order valence-corrected chi connectivity index (χ4v) is 6.07. The lowest BCUT2D eigenvalue weighted by Crippen LogP contribution is -2.51. The number of piperidine rings is 1. The van der Waals surface area contributed by atoms with Crippen molar-refractivity contribution in [2.45, 2.75) is 50.3 Å². The molecule has 3 aromatic rings. The zero-order chi connectivity index (χ0) is 23.1. The summed E-state index contributed by atoms with van der Waals surface area (Å²) < 4.78 is 6.02. The average molecular weight is 452 g/mol. The highest BCUT2D eigenvalue weighted by Crippen LogP contribution is 2.45. The molecule has 1 N–H and O–H groups in total. The van der Waals surface area contributed by atoms with Crippen LogP contribution in [0.4, 0.5) is 4.79 Å². The lowest BCUT2D eigenvalue weighted by atomic mass is 9.83. The van der Waals surface area contributed by atoms with Crippen LogP contribution in [0.2, 0.25) is 0 Å². The van der Waals surface area contributed by atoms with Gasteiger partial charge in [0.15, 0.2) is 0 Å². The minimum absolute atomic E-state index is 0.0415. The smallest absolute Gasteiger partial charge is 0.410 e. The number of carbonyl (C=O) groups is 1. The molecule has 0 spiro atoms. The number of hydrogen-bond donors (Lipinski definition) is 1. The first kappa shape index (κ1) is 21.2. The molecular weight excluding hydrogens is 422 g/mol. The van der Waals surface area contributed by atoms with Crippen molar-refractivity contribution in [3.63, 3.8) is 0 Å². The maximum atomic E-state index is 13.4. The van der Waals surface area contributed by atoms with E-state index in [-0.39, 0.29) is 30.7 Å². The largest absolute Gasteiger partial charge is 0.448 e. The summed E-state index contributed by atoms with van der Waals surface area (Å²) in [5, 5.41) is 9.52. The van der Waals surface area contributed by atoms with Gasteiger partial charge >= 0.3 is 6.09 Å². The average Bonchev–Trinajstić information content (AvgIpc) is 3.20. The summed E-state index contributed by atoms with van der Waals surface area (Å²) in [5.74, 6) is 0.0771. The van der Waals surface area contributed by atoms with Gasteiger partial charge in [-0.2, -0.15) is 0 Å². The zero-order valence-electron chi connectivity index (χ0n) is 19.2. The van der Waals surface area contributed by atoms with Crippen LogP contribution >= 0.6 is 0 Å². The number of carbonyl (C=O) groups excluding carboxylic acids is 1. The molecule has 0 aromatic heterocycles. The number of nitrogens with zero attached hydrogens (tertiary/aromatic N) is 1. The van der Waals surface area contributed by atoms with Crippen LogP contribution in [0.3, 0.4) is 0 Å². The van der Waals surface area contributed by atoms with Gasteiger partial charge in [-0.1, -0.05) is 72.8 Å². The first-order valence-corrected chi connectivity index (χ1v) is 12.3. The number of fused-ring (bicyclic) bond motifs is 5. The van der Waals surface area contributed by atoms with E-state index in [0.29, 0.717) is 6.61 Å². The van der Waals surface area contributed by atoms with E-state index >= 15 is 0 Å². The summed E-state index contributed by atoms with van der Waals surface area (Å²) in [6.07, 6.45) is 5.96. The molecule has 2 bridgehead atoms. The molecule has 1 aliphatic carbocycles. The van der Waals surface area contributed by atoms with Crippen LogP contribution in [0, 0.1) is 0 Å². The van der Waals surface area contributed by atoms with Crippen molar-refractivity contribution < 1.29 is 14.6 Å². The minimum atomic E-state index is -0.198. The summed E-state index contributed by atoms with van der Waals surface area (Å²) in [5.41, 5.74) is 8.30. The van der Waals surface area contributed by atoms with Crippen molar-refractivity contribution >= 4 is 11.7 Å². The Balaban J connectivity index is 1.22. The Morgan fingerprint density at radius 2 is 1.68 bits per heavy atom. The van der Waals surface area contributed by atoms with E-state index in [0.717, 1.165) is 36.8 Å². The Morgan fingerprint density at radius 3 is 2.38 bits per heavy atom. The molecule has 4 nitrogen and oxygen atoms in total. The normalized spacial score (nSPS) is 21.0. The second-order valence-corrected chi connectivity index (χ2v) is 9.62. The first-order chi connectivity index (χ1) is 16.7. The molecule has 3 aromatic carbocycles. The summed E-state index contributed by atoms with van der Waals surface area (Å²) in [7, 11) is 0. The van der Waals surface area contributed by atoms with Crippen molar-refractivity contribution in [1.29, 1.82) is 0 Å². The van der Waals surface area contributed by atoms with Gasteiger partial charge in [-0.05, 0) is 70.7 Å². The van der Waals surface area contributed by atoms with Gasteiger partial charge < -0.3 is 9.84 Å². The third-order valence-electron chi connectivity index (χ3n) is 7.66. The topological polar surface area (TPSA) is 49.8 Å². The van der Waals surface area contributed by atoms with E-state index in [4.69, 9.17) is 4.74 Å². The molecule has 3 aliphatic rings. The third kappa shape index (κ3) is 3.63. The maximum absolute atomic E-state index is 13.4. The van der Waals surface area contributed by atoms with Gasteiger partial charge in [-0.3, -0.25) is 4.90 Å². The summed E-state index contributed by atoms with van der Waals surface area (Å²) >= 11 is 0. The fourth-order valence-electron chi connectivity index (χ4n) is 6.07. The van der Waals surface area contributed by atoms with Crippen LogP contribution in [0.5, 0.6) is 0 Å². The van der Waals surface area contributed by atoms with E-state index < -0.39 is 0 Å². The molecule has 34 heavy (non-hydrogen) atoms. The van der Waals surface area contributed by atoms with Crippen molar-refractivity contribution in [2.75, 3.05) is 6.61 Å². The second kappa shape index (κ2) is 8.77. The monoisotopic (exact) mass is 451 g/mol. The molecule has 2 aliphatic heterocycles. The molecule has 0 saturated carbocycles. The maximum Gasteiger partial charge on any atom is 0.410 e. The van der Waals surface area contributed by atoms with E-state index in [1.54, 1.807) is 0 Å². The molecule has 4 heteroatoms. The highest BCUT2D eigenvalue weighted by molar-refractivity contribution is 5.79. The van der Waals surface area contributed by atoms with Gasteiger partial charge in [-0.25, -0.2) is 4.79 Å². The molecule has 0 radical (unpaired) electrons. The van der Waals surface area contributed by atoms with Gasteiger partial charge in [0.05, 0.1) is 12.6 Å². The number of hydrogen-bond acceptors (Lipinski definition) is 3. The van der Waals surface area contributed by atoms with Gasteiger partial charge in [-0.15, -0.1) is 0 Å². The number of benzene rings is 3. The second-order valence-electron chi connectivity index (χ2n) is 9.62. The molecule has 1 fully saturated rings. The molecule has 1 saturated heterocycles. The lowest BCUT2D eigenvalue weighted by molar-refractivity contribution is 0.0539. The number of rotatable bonds is 4. The van der Waals surface area contributed by atoms with Crippen LogP contribution in [0.15, 0.2) is 78.9 Å². The third-order valence-corrected chi connectivity index (χ3v) is 7.66. The van der Waals surface area contributed by atoms with Crippen LogP contribution < -0.4 is 0 Å². The standard InChI is InChI=1S/C30H29NO3/c32-18-20-7-5-8-21(15-20)22-16-23-9-6-10-24(17-22)31(23)30(33)34-19-29-27-13-3-1-11-25(27)26-12-2-4-14-28(26)29/h1-5,7-8,11-16,23-24,29,32H,6,9-10,17-19H2. The van der Waals surface area contributed by atoms with Gasteiger partial charge in [0, 0.05) is 12.0 Å². The van der Waals surface area contributed by atoms with Gasteiger partial charge in [0.2, 0.25) is 0 Å². The van der Waals surface area contributed by atoms with Gasteiger partial charge in [0.25, 0.3) is 0 Å². The predicted octanol–water partition coefficient (Wildman–Crippen LogP) is 6.14. The van der Waals surface area contributed by atoms with Crippen LogP contribution in [0.25, 0.3) is 16.7 Å². The molecule has 2 atom stereocenters. The number of ether oxygens (including phenoxy) is 1. The molecule has 2 heterocycles. The van der Waals surface area contributed by atoms with Gasteiger partial charge in [0.1, 0.15) is 6.61 Å². The van der Waals surface area contributed by atoms with Crippen LogP contribution in [-0.4, -0.2) is 34.8 Å². The van der Waals surface area contributed by atoms with E-state index in [2.05, 4.69) is 66.7 Å². The predicted molar refractivity (Wildman–Crippen MR) is 133 cm³/mol. The number of amides is 1. The fraction of sp³-hybridized carbons (Fsp3) is 0.300. The Hall–Kier alpha value is -3.37. The molecule has 1 amide bonds. The Morgan fingerprint density at radius 1 is 0.941 bits per heavy atom. The molecule has 6 rings (SSSR count). The molecule has 2 unspecified atom stereocenters. The van der Waals surface area contributed by atoms with Crippen molar-refractivity contribution in [1.82, 2.24) is 4.90 Å². The summed E-state index contributed by atoms with van der Waals surface area (Å²) in [6, 6.07) is 25.2. The summed E-state index contributed by atoms with van der Waals surface area (Å²) in [6.45, 7) is 0.401. The lowest BCUT2D eigenvalue weighted by Gasteiger charge is -2.44. The zero-order valence-corrected chi connectivity index (χ0v) is 19.2. The Labute approximate surface area is 200 Å². The Kier molecular flexibility index (Phi) is 5.46. The molecular formula is C30H29NO3. The van der Waals surface area contributed by atoms with Crippen LogP contribution in [0.1, 0.15) is 53.9 Å². The summed E-state index contributed by atoms with van der Waals surface area (Å²) in [4.78, 5) is 15.4. The SMILES string of the molecule is O=C(OCC1c2ccccc2-c2ccccc21)N1C2C=C(c3cccc(CO)c3)CC1CCC2. The highest BCUT2D eigenvalue weighted by Gasteiger charge is 2.39. The minimum Gasteiger partial charge on any atom is -0.448 e. The number of aliphatic hydroxyl groups excluding tert-OH is 1. The first-order valence-electron chi connectivity index (χ1n) is 12.3. The van der Waals surface area contributed by atoms with Crippen molar-refractivity contribution in [2.24, 2.45) is 0 Å². The van der Waals surface area contributed by atoms with Crippen molar-refractivity contribution in [3.8, 4) is 11.1 Å². The van der Waals surface area contributed by atoms with E-state index in [1.165, 1.54) is 27.8 Å². The number of aliphatic hydroxyl groups is 1. The van der Waals surface area contributed by atoms with Crippen LogP contribution in [-0.2, 0) is 11.3 Å². The van der Waals surface area contributed by atoms with Crippen molar-refractivity contribution in [3.05, 3.63) is 101 Å². The highest BCUT2D eigenvalue weighted by atomic mass is 16.6.